The van der Waals surface area contributed by atoms with Crippen molar-refractivity contribution in [2.24, 2.45) is 0 Å². The molecule has 178 valence electrons. The predicted octanol–water partition coefficient (Wildman–Crippen LogP) is 8.29. The van der Waals surface area contributed by atoms with Crippen LogP contribution in [0.1, 0.15) is 52.5 Å². The smallest absolute Gasteiger partial charge is 0.120 e. The van der Waals surface area contributed by atoms with Crippen LogP contribution in [0.4, 0.5) is 0 Å². The maximum Gasteiger partial charge on any atom is 0.120 e. The molecule has 0 amide bonds. The minimum Gasteiger partial charge on any atom is -0.494 e. The van der Waals surface area contributed by atoms with E-state index in [-0.39, 0.29) is 0 Å². The van der Waals surface area contributed by atoms with Crippen molar-refractivity contribution >= 4 is 15.9 Å². The topological polar surface area (TPSA) is 18.5 Å². The van der Waals surface area contributed by atoms with E-state index in [0.29, 0.717) is 18.4 Å². The zero-order valence-electron chi connectivity index (χ0n) is 19.9. The molecule has 35 heavy (non-hydrogen) atoms. The standard InChI is InChI=1S/C32H31BrO2/c33-20-7-21-34-28-15-12-26(13-16-28)32-30(25-10-5-2-6-11-25)18-14-27-22-29(17-19-31(27)32)35-23-24-8-3-1-4-9-24/h1-6,8-13,15-17,19,22,30,32H,7,14,18,20-21,23H2/t30-,32+/m1/s1. The van der Waals surface area contributed by atoms with Crippen LogP contribution in [-0.4, -0.2) is 11.9 Å². The molecule has 4 aromatic rings. The largest absolute Gasteiger partial charge is 0.494 e. The number of ether oxygens (including phenoxy) is 2. The first-order valence-corrected chi connectivity index (χ1v) is 13.6. The molecule has 0 bridgehead atoms. The molecule has 0 spiro atoms. The molecule has 1 aliphatic rings. The first-order chi connectivity index (χ1) is 17.3. The summed E-state index contributed by atoms with van der Waals surface area (Å²) in [5.41, 5.74) is 6.73. The summed E-state index contributed by atoms with van der Waals surface area (Å²) in [7, 11) is 0. The number of halogens is 1. The summed E-state index contributed by atoms with van der Waals surface area (Å²) in [5, 5.41) is 0.958. The lowest BCUT2D eigenvalue weighted by Crippen LogP contribution is -2.20. The predicted molar refractivity (Wildman–Crippen MR) is 147 cm³/mol. The van der Waals surface area contributed by atoms with Crippen LogP contribution in [-0.2, 0) is 13.0 Å². The summed E-state index contributed by atoms with van der Waals surface area (Å²) < 4.78 is 12.1. The minimum absolute atomic E-state index is 0.306. The highest BCUT2D eigenvalue weighted by molar-refractivity contribution is 9.09. The number of alkyl halides is 1. The molecule has 1 aliphatic carbocycles. The maximum atomic E-state index is 6.15. The molecule has 0 aliphatic heterocycles. The molecule has 0 saturated carbocycles. The molecule has 0 N–H and O–H groups in total. The molecule has 0 unspecified atom stereocenters. The summed E-state index contributed by atoms with van der Waals surface area (Å²) in [6.45, 7) is 1.32. The molecule has 0 saturated heterocycles. The van der Waals surface area contributed by atoms with Crippen molar-refractivity contribution in [3.05, 3.63) is 131 Å². The van der Waals surface area contributed by atoms with Crippen molar-refractivity contribution in [1.29, 1.82) is 0 Å². The molecule has 3 heteroatoms. The van der Waals surface area contributed by atoms with E-state index in [9.17, 15) is 0 Å². The third-order valence-corrected chi connectivity index (χ3v) is 7.40. The van der Waals surface area contributed by atoms with E-state index in [1.54, 1.807) is 0 Å². The van der Waals surface area contributed by atoms with Gasteiger partial charge in [0.05, 0.1) is 6.61 Å². The molecule has 5 rings (SSSR count). The van der Waals surface area contributed by atoms with Gasteiger partial charge in [-0.25, -0.2) is 0 Å². The highest BCUT2D eigenvalue weighted by Gasteiger charge is 2.32. The third-order valence-electron chi connectivity index (χ3n) is 6.84. The number of benzene rings is 4. The summed E-state index contributed by atoms with van der Waals surface area (Å²) in [6.07, 6.45) is 3.18. The maximum absolute atomic E-state index is 6.15. The number of hydrogen-bond acceptors (Lipinski definition) is 2. The van der Waals surface area contributed by atoms with E-state index < -0.39 is 0 Å². The highest BCUT2D eigenvalue weighted by atomic mass is 79.9. The normalized spacial score (nSPS) is 16.9. The summed E-state index contributed by atoms with van der Waals surface area (Å²) in [4.78, 5) is 0. The van der Waals surface area contributed by atoms with Gasteiger partial charge in [-0.1, -0.05) is 94.8 Å². The molecule has 0 fully saturated rings. The zero-order chi connectivity index (χ0) is 23.9. The van der Waals surface area contributed by atoms with Crippen LogP contribution in [0.25, 0.3) is 0 Å². The van der Waals surface area contributed by atoms with Gasteiger partial charge in [0.15, 0.2) is 0 Å². The number of rotatable bonds is 9. The van der Waals surface area contributed by atoms with Crippen molar-refractivity contribution in [1.82, 2.24) is 0 Å². The molecular formula is C32H31BrO2. The Balaban J connectivity index is 1.42. The second kappa shape index (κ2) is 11.6. The van der Waals surface area contributed by atoms with Crippen LogP contribution in [0.2, 0.25) is 0 Å². The SMILES string of the molecule is BrCCCOc1ccc([C@@H]2c3ccc(OCc4ccccc4)cc3CC[C@@H]2c2ccccc2)cc1. The van der Waals surface area contributed by atoms with E-state index in [2.05, 4.69) is 113 Å². The Morgan fingerprint density at radius 1 is 0.714 bits per heavy atom. The Labute approximate surface area is 217 Å². The molecule has 2 atom stereocenters. The second-order valence-corrected chi connectivity index (χ2v) is 9.92. The van der Waals surface area contributed by atoms with E-state index in [1.165, 1.54) is 27.8 Å². The van der Waals surface area contributed by atoms with Gasteiger partial charge in [0, 0.05) is 11.2 Å². The number of hydrogen-bond donors (Lipinski definition) is 0. The van der Waals surface area contributed by atoms with Gasteiger partial charge in [-0.15, -0.1) is 0 Å². The summed E-state index contributed by atoms with van der Waals surface area (Å²) >= 11 is 3.47. The number of aryl methyl sites for hydroxylation is 1. The fraction of sp³-hybridized carbons (Fsp3) is 0.250. The summed E-state index contributed by atoms with van der Waals surface area (Å²) in [6, 6.07) is 36.7. The average molecular weight is 528 g/mol. The van der Waals surface area contributed by atoms with E-state index in [4.69, 9.17) is 9.47 Å². The molecular weight excluding hydrogens is 496 g/mol. The fourth-order valence-corrected chi connectivity index (χ4v) is 5.34. The lowest BCUT2D eigenvalue weighted by Gasteiger charge is -2.35. The Morgan fingerprint density at radius 2 is 1.43 bits per heavy atom. The van der Waals surface area contributed by atoms with Gasteiger partial charge in [0.25, 0.3) is 0 Å². The van der Waals surface area contributed by atoms with Crippen LogP contribution in [0.3, 0.4) is 0 Å². The van der Waals surface area contributed by atoms with Crippen molar-refractivity contribution < 1.29 is 9.47 Å². The molecule has 0 radical (unpaired) electrons. The van der Waals surface area contributed by atoms with Gasteiger partial charge in [-0.2, -0.15) is 0 Å². The first kappa shape index (κ1) is 23.7. The van der Waals surface area contributed by atoms with Gasteiger partial charge < -0.3 is 9.47 Å². The fourth-order valence-electron chi connectivity index (χ4n) is 5.11. The summed E-state index contributed by atoms with van der Waals surface area (Å²) in [5.74, 6) is 2.63. The molecule has 2 nitrogen and oxygen atoms in total. The second-order valence-electron chi connectivity index (χ2n) is 9.13. The van der Waals surface area contributed by atoms with E-state index in [0.717, 1.165) is 42.7 Å². The van der Waals surface area contributed by atoms with E-state index >= 15 is 0 Å². The molecule has 0 heterocycles. The van der Waals surface area contributed by atoms with Gasteiger partial charge in [-0.05, 0) is 77.3 Å². The van der Waals surface area contributed by atoms with E-state index in [1.807, 2.05) is 6.07 Å². The van der Waals surface area contributed by atoms with Crippen molar-refractivity contribution in [2.45, 2.75) is 37.7 Å². The Kier molecular flexibility index (Phi) is 7.85. The lowest BCUT2D eigenvalue weighted by atomic mass is 9.69. The van der Waals surface area contributed by atoms with Crippen LogP contribution in [0.15, 0.2) is 103 Å². The van der Waals surface area contributed by atoms with Crippen LogP contribution < -0.4 is 9.47 Å². The number of fused-ring (bicyclic) bond motifs is 1. The Hall–Kier alpha value is -3.04. The van der Waals surface area contributed by atoms with Gasteiger partial charge >= 0.3 is 0 Å². The highest BCUT2D eigenvalue weighted by Crippen LogP contribution is 2.47. The first-order valence-electron chi connectivity index (χ1n) is 12.4. The Morgan fingerprint density at radius 3 is 2.17 bits per heavy atom. The molecule has 4 aromatic carbocycles. The van der Waals surface area contributed by atoms with Crippen LogP contribution >= 0.6 is 15.9 Å². The molecule has 0 aromatic heterocycles. The minimum atomic E-state index is 0.306. The zero-order valence-corrected chi connectivity index (χ0v) is 21.5. The van der Waals surface area contributed by atoms with Gasteiger partial charge in [0.1, 0.15) is 18.1 Å². The Bertz CT molecular complexity index is 1210. The van der Waals surface area contributed by atoms with Gasteiger partial charge in [0.2, 0.25) is 0 Å². The lowest BCUT2D eigenvalue weighted by molar-refractivity contribution is 0.305. The van der Waals surface area contributed by atoms with Crippen LogP contribution in [0.5, 0.6) is 11.5 Å². The van der Waals surface area contributed by atoms with Crippen molar-refractivity contribution in [3.63, 3.8) is 0 Å². The monoisotopic (exact) mass is 526 g/mol. The van der Waals surface area contributed by atoms with Gasteiger partial charge in [-0.3, -0.25) is 0 Å². The average Bonchev–Trinajstić information content (AvgIpc) is 2.93. The van der Waals surface area contributed by atoms with Crippen LogP contribution in [0, 0.1) is 0 Å². The van der Waals surface area contributed by atoms with Crippen molar-refractivity contribution in [2.75, 3.05) is 11.9 Å². The quantitative estimate of drug-likeness (QED) is 0.161. The van der Waals surface area contributed by atoms with Crippen molar-refractivity contribution in [3.8, 4) is 11.5 Å². The third kappa shape index (κ3) is 5.79.